The second-order valence-corrected chi connectivity index (χ2v) is 8.70. The summed E-state index contributed by atoms with van der Waals surface area (Å²) in [7, 11) is 0. The first-order chi connectivity index (χ1) is 16.1. The summed E-state index contributed by atoms with van der Waals surface area (Å²) in [6.45, 7) is 4.56. The number of hydrogen-bond donors (Lipinski definition) is 0. The van der Waals surface area contributed by atoms with Crippen molar-refractivity contribution in [2.45, 2.75) is 32.8 Å². The summed E-state index contributed by atoms with van der Waals surface area (Å²) >= 11 is 0. The van der Waals surface area contributed by atoms with Gasteiger partial charge in [0.25, 0.3) is 5.91 Å². The van der Waals surface area contributed by atoms with Gasteiger partial charge in [0.2, 0.25) is 0 Å². The molecule has 0 atom stereocenters. The highest BCUT2D eigenvalue weighted by Gasteiger charge is 2.28. The minimum absolute atomic E-state index is 0.295. The fraction of sp³-hybridized carbons (Fsp3) is 0.214. The number of halogens is 2. The average Bonchev–Trinajstić information content (AvgIpc) is 2.77. The fourth-order valence-electron chi connectivity index (χ4n) is 3.41. The zero-order valence-electron chi connectivity index (χ0n) is 19.3. The van der Waals surface area contributed by atoms with Crippen molar-refractivity contribution in [3.05, 3.63) is 89.5 Å². The number of benzene rings is 3. The highest BCUT2D eigenvalue weighted by molar-refractivity contribution is 6.09. The zero-order valence-corrected chi connectivity index (χ0v) is 19.3. The van der Waals surface area contributed by atoms with E-state index in [1.54, 1.807) is 39.0 Å². The number of ether oxygens (including phenoxy) is 1. The van der Waals surface area contributed by atoms with Crippen molar-refractivity contribution in [2.24, 2.45) is 0 Å². The monoisotopic (exact) mass is 461 g/mol. The molecule has 0 fully saturated rings. The minimum Gasteiger partial charge on any atom is -0.459 e. The number of hydrogen-bond acceptors (Lipinski definition) is 3. The first-order valence-electron chi connectivity index (χ1n) is 10.7. The van der Waals surface area contributed by atoms with Gasteiger partial charge < -0.3 is 4.74 Å². The Morgan fingerprint density at radius 2 is 1.56 bits per heavy atom. The molecule has 6 heteroatoms. The van der Waals surface area contributed by atoms with Crippen LogP contribution in [0.25, 0.3) is 11.1 Å². The number of nitrogens with zero attached hydrogens (tertiary/aromatic N) is 1. The number of anilines is 1. The van der Waals surface area contributed by atoms with Gasteiger partial charge in [-0.1, -0.05) is 42.5 Å². The zero-order chi connectivity index (χ0) is 24.9. The summed E-state index contributed by atoms with van der Waals surface area (Å²) in [5.74, 6) is -1.13. The maximum Gasteiger partial charge on any atom is 0.326 e. The standard InChI is InChI=1S/C28H25F2NO3/c1-5-8-19-13-15-20(16-14-19)21-9-6-10-22(17-21)31(18-25(32)34-28(2,3)4)27(33)26-23(29)11-7-12-24(26)30/h1,6-7,9-17H,8,18H2,2-4H3. The SMILES string of the molecule is C#CCc1ccc(-c2cccc(N(CC(=O)OC(C)(C)C)C(=O)c3c(F)cccc3F)c2)cc1. The molecule has 0 unspecified atom stereocenters. The van der Waals surface area contributed by atoms with Crippen molar-refractivity contribution in [1.82, 2.24) is 0 Å². The molecule has 3 aromatic carbocycles. The van der Waals surface area contributed by atoms with Gasteiger partial charge in [-0.05, 0) is 61.7 Å². The summed E-state index contributed by atoms with van der Waals surface area (Å²) in [6.07, 6.45) is 5.87. The van der Waals surface area contributed by atoms with E-state index in [-0.39, 0.29) is 0 Å². The van der Waals surface area contributed by atoms with E-state index in [1.807, 2.05) is 30.3 Å². The average molecular weight is 462 g/mol. The number of carbonyl (C=O) groups is 2. The molecular formula is C28H25F2NO3. The second kappa shape index (κ2) is 10.3. The maximum atomic E-state index is 14.4. The molecule has 0 bridgehead atoms. The van der Waals surface area contributed by atoms with E-state index in [1.165, 1.54) is 6.07 Å². The number of esters is 1. The Hall–Kier alpha value is -3.98. The molecule has 0 heterocycles. The van der Waals surface area contributed by atoms with Crippen molar-refractivity contribution < 1.29 is 23.1 Å². The van der Waals surface area contributed by atoms with Crippen LogP contribution in [0.4, 0.5) is 14.5 Å². The van der Waals surface area contributed by atoms with Crippen LogP contribution in [0.2, 0.25) is 0 Å². The van der Waals surface area contributed by atoms with E-state index in [9.17, 15) is 18.4 Å². The molecule has 0 aliphatic carbocycles. The quantitative estimate of drug-likeness (QED) is 0.345. The van der Waals surface area contributed by atoms with E-state index >= 15 is 0 Å². The molecule has 3 rings (SSSR count). The van der Waals surface area contributed by atoms with Crippen molar-refractivity contribution in [3.63, 3.8) is 0 Å². The van der Waals surface area contributed by atoms with Gasteiger partial charge in [-0.2, -0.15) is 0 Å². The lowest BCUT2D eigenvalue weighted by Crippen LogP contribution is -2.39. The lowest BCUT2D eigenvalue weighted by molar-refractivity contribution is -0.152. The van der Waals surface area contributed by atoms with Crippen LogP contribution in [0.5, 0.6) is 0 Å². The lowest BCUT2D eigenvalue weighted by Gasteiger charge is -2.26. The van der Waals surface area contributed by atoms with Crippen molar-refractivity contribution in [2.75, 3.05) is 11.4 Å². The Kier molecular flexibility index (Phi) is 7.47. The molecule has 0 aliphatic rings. The number of carbonyl (C=O) groups excluding carboxylic acids is 2. The largest absolute Gasteiger partial charge is 0.459 e. The molecule has 174 valence electrons. The van der Waals surface area contributed by atoms with Crippen LogP contribution in [0.1, 0.15) is 36.7 Å². The Morgan fingerprint density at radius 1 is 0.941 bits per heavy atom. The molecule has 4 nitrogen and oxygen atoms in total. The van der Waals surface area contributed by atoms with Crippen LogP contribution >= 0.6 is 0 Å². The van der Waals surface area contributed by atoms with Gasteiger partial charge >= 0.3 is 5.97 Å². The molecule has 1 amide bonds. The molecule has 0 N–H and O–H groups in total. The Bertz CT molecular complexity index is 1220. The number of amides is 1. The fourth-order valence-corrected chi connectivity index (χ4v) is 3.41. The van der Waals surface area contributed by atoms with Crippen LogP contribution in [0.15, 0.2) is 66.7 Å². The number of terminal acetylenes is 1. The van der Waals surface area contributed by atoms with Crippen molar-refractivity contribution in [3.8, 4) is 23.5 Å². The third kappa shape index (κ3) is 6.08. The van der Waals surface area contributed by atoms with E-state index in [0.29, 0.717) is 12.1 Å². The Labute approximate surface area is 198 Å². The summed E-state index contributed by atoms with van der Waals surface area (Å²) < 4.78 is 34.2. The van der Waals surface area contributed by atoms with Crippen molar-refractivity contribution in [1.29, 1.82) is 0 Å². The molecule has 34 heavy (non-hydrogen) atoms. The second-order valence-electron chi connectivity index (χ2n) is 8.70. The summed E-state index contributed by atoms with van der Waals surface area (Å²) in [6, 6.07) is 17.6. The van der Waals surface area contributed by atoms with Crippen LogP contribution in [0.3, 0.4) is 0 Å². The summed E-state index contributed by atoms with van der Waals surface area (Å²) in [4.78, 5) is 26.9. The van der Waals surface area contributed by atoms with Gasteiger partial charge in [-0.25, -0.2) is 8.78 Å². The number of rotatable bonds is 6. The van der Waals surface area contributed by atoms with Gasteiger partial charge in [0, 0.05) is 12.1 Å². The van der Waals surface area contributed by atoms with Gasteiger partial charge in [0.1, 0.15) is 29.3 Å². The lowest BCUT2D eigenvalue weighted by atomic mass is 10.0. The van der Waals surface area contributed by atoms with E-state index in [2.05, 4.69) is 5.92 Å². The predicted molar refractivity (Wildman–Crippen MR) is 128 cm³/mol. The van der Waals surface area contributed by atoms with Crippen LogP contribution in [-0.4, -0.2) is 24.0 Å². The first-order valence-corrected chi connectivity index (χ1v) is 10.7. The van der Waals surface area contributed by atoms with E-state index in [0.717, 1.165) is 33.7 Å². The third-order valence-corrected chi connectivity index (χ3v) is 4.88. The smallest absolute Gasteiger partial charge is 0.326 e. The molecule has 0 radical (unpaired) electrons. The molecule has 0 spiro atoms. The van der Waals surface area contributed by atoms with E-state index in [4.69, 9.17) is 11.2 Å². The summed E-state index contributed by atoms with van der Waals surface area (Å²) in [5.41, 5.74) is 1.35. The Morgan fingerprint density at radius 3 is 2.15 bits per heavy atom. The topological polar surface area (TPSA) is 46.6 Å². The van der Waals surface area contributed by atoms with Crippen LogP contribution < -0.4 is 4.90 Å². The van der Waals surface area contributed by atoms with Gasteiger partial charge in [-0.3, -0.25) is 14.5 Å². The highest BCUT2D eigenvalue weighted by Crippen LogP contribution is 2.27. The molecule has 0 saturated heterocycles. The third-order valence-electron chi connectivity index (χ3n) is 4.88. The van der Waals surface area contributed by atoms with Gasteiger partial charge in [-0.15, -0.1) is 12.3 Å². The maximum absolute atomic E-state index is 14.4. The van der Waals surface area contributed by atoms with Gasteiger partial charge in [0.05, 0.1) is 0 Å². The summed E-state index contributed by atoms with van der Waals surface area (Å²) in [5, 5.41) is 0. The molecule has 3 aromatic rings. The molecule has 0 aromatic heterocycles. The van der Waals surface area contributed by atoms with E-state index < -0.39 is 41.2 Å². The van der Waals surface area contributed by atoms with Crippen molar-refractivity contribution >= 4 is 17.6 Å². The first kappa shape index (κ1) is 24.7. The normalized spacial score (nSPS) is 10.9. The molecular weight excluding hydrogens is 436 g/mol. The van der Waals surface area contributed by atoms with Gasteiger partial charge in [0.15, 0.2) is 0 Å². The molecule has 0 saturated carbocycles. The van der Waals surface area contributed by atoms with Crippen LogP contribution in [-0.2, 0) is 16.0 Å². The Balaban J connectivity index is 2.02. The minimum atomic E-state index is -1.01. The predicted octanol–water partition coefficient (Wildman–Crippen LogP) is 5.80. The highest BCUT2D eigenvalue weighted by atomic mass is 19.1. The molecule has 0 aliphatic heterocycles. The van der Waals surface area contributed by atoms with Crippen LogP contribution in [0, 0.1) is 24.0 Å².